The Morgan fingerprint density at radius 2 is 1.86 bits per heavy atom. The molecule has 2 N–H and O–H groups in total. The summed E-state index contributed by atoms with van der Waals surface area (Å²) in [5, 5.41) is 12.0. The van der Waals surface area contributed by atoms with Crippen molar-refractivity contribution in [3.8, 4) is 16.9 Å². The lowest BCUT2D eigenvalue weighted by atomic mass is 9.99. The van der Waals surface area contributed by atoms with Crippen LogP contribution >= 0.6 is 35.6 Å². The van der Waals surface area contributed by atoms with Gasteiger partial charge in [0.15, 0.2) is 0 Å². The summed E-state index contributed by atoms with van der Waals surface area (Å²) >= 11 is 12.8. The second-order valence-electron chi connectivity index (χ2n) is 11.1. The average Bonchev–Trinajstić information content (AvgIpc) is 3.34. The van der Waals surface area contributed by atoms with Crippen molar-refractivity contribution in [2.24, 2.45) is 0 Å². The molecule has 49 heavy (non-hydrogen) atoms. The van der Waals surface area contributed by atoms with Crippen molar-refractivity contribution in [2.45, 2.75) is 19.1 Å². The molecule has 0 spiro atoms. The van der Waals surface area contributed by atoms with Crippen molar-refractivity contribution in [1.29, 1.82) is 0 Å². The van der Waals surface area contributed by atoms with E-state index < -0.39 is 23.6 Å². The molecule has 0 aliphatic carbocycles. The smallest absolute Gasteiger partial charge is 0.416 e. The highest BCUT2D eigenvalue weighted by atomic mass is 35.5. The number of hydrogen-bond acceptors (Lipinski definition) is 8. The zero-order valence-electron chi connectivity index (χ0n) is 25.9. The van der Waals surface area contributed by atoms with Gasteiger partial charge in [0.05, 0.1) is 29.2 Å². The topological polar surface area (TPSA) is 108 Å². The molecule has 3 aromatic rings. The van der Waals surface area contributed by atoms with Gasteiger partial charge in [-0.25, -0.2) is 4.79 Å². The molecule has 2 heterocycles. The van der Waals surface area contributed by atoms with E-state index in [4.69, 9.17) is 33.3 Å². The number of nitrogens with zero attached hydrogens (tertiary/aromatic N) is 2. The second-order valence-corrected chi connectivity index (χ2v) is 13.2. The van der Waals surface area contributed by atoms with Crippen LogP contribution in [0, 0.1) is 0 Å². The first-order valence-electron chi connectivity index (χ1n) is 15.2. The molecule has 0 saturated carbocycles. The first-order chi connectivity index (χ1) is 23.4. The lowest BCUT2D eigenvalue weighted by Gasteiger charge is -2.26. The first-order valence-corrected chi connectivity index (χ1v) is 16.8. The quantitative estimate of drug-likeness (QED) is 0.163. The SMILES string of the molecule is O=C(CCN1C(=O)/C(=C/c2cc(-c3cc(C(F)(F)F)ccc3Cl)ccc2OCCN2CCOCC2)SC1=S)NCc1cccc(C(=O)O)c1. The monoisotopic (exact) mass is 733 g/mol. The predicted molar refractivity (Wildman–Crippen MR) is 184 cm³/mol. The van der Waals surface area contributed by atoms with Crippen molar-refractivity contribution in [1.82, 2.24) is 15.1 Å². The van der Waals surface area contributed by atoms with Crippen LogP contribution in [0.15, 0.2) is 65.6 Å². The van der Waals surface area contributed by atoms with Crippen LogP contribution in [0.5, 0.6) is 5.75 Å². The number of ether oxygens (including phenoxy) is 2. The number of carbonyl (C=O) groups is 3. The summed E-state index contributed by atoms with van der Waals surface area (Å²) in [6.07, 6.45) is -3.05. The molecule has 2 aliphatic heterocycles. The molecule has 5 rings (SSSR count). The van der Waals surface area contributed by atoms with E-state index in [-0.39, 0.29) is 50.8 Å². The summed E-state index contributed by atoms with van der Waals surface area (Å²) in [4.78, 5) is 41.0. The van der Waals surface area contributed by atoms with Gasteiger partial charge in [0.1, 0.15) is 16.7 Å². The van der Waals surface area contributed by atoms with Gasteiger partial charge in [-0.3, -0.25) is 19.4 Å². The van der Waals surface area contributed by atoms with Gasteiger partial charge in [-0.05, 0) is 59.7 Å². The fourth-order valence-corrected chi connectivity index (χ4v) is 6.67. The molecule has 2 fully saturated rings. The normalized spacial score (nSPS) is 16.3. The Balaban J connectivity index is 1.32. The molecule has 2 saturated heterocycles. The molecule has 2 aliphatic rings. The van der Waals surface area contributed by atoms with E-state index in [0.717, 1.165) is 37.0 Å². The van der Waals surface area contributed by atoms with Gasteiger partial charge in [0.2, 0.25) is 5.91 Å². The van der Waals surface area contributed by atoms with Crippen LogP contribution < -0.4 is 10.1 Å². The highest BCUT2D eigenvalue weighted by Crippen LogP contribution is 2.39. The number of benzene rings is 3. The van der Waals surface area contributed by atoms with Crippen LogP contribution in [0.2, 0.25) is 5.02 Å². The Bertz CT molecular complexity index is 1780. The zero-order chi connectivity index (χ0) is 35.1. The number of aromatic carboxylic acids is 1. The molecule has 3 aromatic carbocycles. The van der Waals surface area contributed by atoms with E-state index in [1.165, 1.54) is 23.1 Å². The minimum absolute atomic E-state index is 0.00575. The lowest BCUT2D eigenvalue weighted by molar-refractivity contribution is -0.137. The highest BCUT2D eigenvalue weighted by molar-refractivity contribution is 8.26. The van der Waals surface area contributed by atoms with E-state index in [9.17, 15) is 32.7 Å². The maximum Gasteiger partial charge on any atom is 0.416 e. The van der Waals surface area contributed by atoms with Gasteiger partial charge in [-0.15, -0.1) is 0 Å². The van der Waals surface area contributed by atoms with Crippen molar-refractivity contribution < 1.29 is 42.1 Å². The standard InChI is InChI=1S/C34H31ClF3N3O6S2/c35-27-6-5-25(34(36,37)38)19-26(27)22-4-7-28(47-15-12-40-10-13-46-14-11-40)24(17-22)18-29-31(43)41(33(48)49-29)9-8-30(42)39-20-21-2-1-3-23(16-21)32(44)45/h1-7,16-19H,8-15,20H2,(H,39,42)(H,44,45)/b29-18-. The highest BCUT2D eigenvalue weighted by Gasteiger charge is 2.33. The fourth-order valence-electron chi connectivity index (χ4n) is 5.14. The number of rotatable bonds is 12. The number of hydrogen-bond donors (Lipinski definition) is 2. The Morgan fingerprint density at radius 1 is 1.08 bits per heavy atom. The zero-order valence-corrected chi connectivity index (χ0v) is 28.3. The number of nitrogens with one attached hydrogen (secondary N) is 1. The molecule has 0 radical (unpaired) electrons. The summed E-state index contributed by atoms with van der Waals surface area (Å²) in [6.45, 7) is 3.85. The molecule has 9 nitrogen and oxygen atoms in total. The Labute approximate surface area is 295 Å². The van der Waals surface area contributed by atoms with Gasteiger partial charge < -0.3 is 19.9 Å². The first kappa shape index (κ1) is 36.3. The third-order valence-corrected chi connectivity index (χ3v) is 9.48. The van der Waals surface area contributed by atoms with E-state index in [1.807, 2.05) is 0 Å². The number of carbonyl (C=O) groups excluding carboxylic acids is 2. The summed E-state index contributed by atoms with van der Waals surface area (Å²) in [6, 6.07) is 14.1. The minimum Gasteiger partial charge on any atom is -0.492 e. The van der Waals surface area contributed by atoms with Gasteiger partial charge in [0.25, 0.3) is 5.91 Å². The van der Waals surface area contributed by atoms with Gasteiger partial charge in [0, 0.05) is 55.3 Å². The van der Waals surface area contributed by atoms with Crippen LogP contribution in [0.4, 0.5) is 13.2 Å². The summed E-state index contributed by atoms with van der Waals surface area (Å²) < 4.78 is 52.3. The van der Waals surface area contributed by atoms with Crippen molar-refractivity contribution in [2.75, 3.05) is 46.0 Å². The van der Waals surface area contributed by atoms with Crippen LogP contribution in [0.3, 0.4) is 0 Å². The molecule has 15 heteroatoms. The van der Waals surface area contributed by atoms with Gasteiger partial charge in [-0.2, -0.15) is 13.2 Å². The Hall–Kier alpha value is -3.95. The largest absolute Gasteiger partial charge is 0.492 e. The van der Waals surface area contributed by atoms with E-state index >= 15 is 0 Å². The van der Waals surface area contributed by atoms with Crippen LogP contribution in [0.25, 0.3) is 17.2 Å². The summed E-state index contributed by atoms with van der Waals surface area (Å²) in [7, 11) is 0. The van der Waals surface area contributed by atoms with Crippen molar-refractivity contribution >= 4 is 63.8 Å². The number of halogens is 4. The molecule has 0 atom stereocenters. The molecule has 2 amide bonds. The summed E-state index contributed by atoms with van der Waals surface area (Å²) in [5.41, 5.74) is 0.861. The molecular formula is C34H31ClF3N3O6S2. The number of thioether (sulfide) groups is 1. The van der Waals surface area contributed by atoms with Crippen LogP contribution in [-0.4, -0.2) is 83.0 Å². The third kappa shape index (κ3) is 9.61. The van der Waals surface area contributed by atoms with Crippen LogP contribution in [-0.2, 0) is 27.0 Å². The third-order valence-electron chi connectivity index (χ3n) is 7.77. The number of alkyl halides is 3. The number of morpholine rings is 1. The number of carboxylic acid groups (broad SMARTS) is 1. The van der Waals surface area contributed by atoms with Crippen LogP contribution in [0.1, 0.15) is 33.5 Å². The molecular weight excluding hydrogens is 703 g/mol. The average molecular weight is 734 g/mol. The van der Waals surface area contributed by atoms with Crippen molar-refractivity contribution in [3.63, 3.8) is 0 Å². The van der Waals surface area contributed by atoms with Crippen molar-refractivity contribution in [3.05, 3.63) is 92.8 Å². The van der Waals surface area contributed by atoms with Gasteiger partial charge >= 0.3 is 12.1 Å². The van der Waals surface area contributed by atoms with Gasteiger partial charge in [-0.1, -0.05) is 53.8 Å². The Morgan fingerprint density at radius 3 is 2.59 bits per heavy atom. The molecule has 0 bridgehead atoms. The molecule has 0 unspecified atom stereocenters. The minimum atomic E-state index is -4.57. The van der Waals surface area contributed by atoms with E-state index in [2.05, 4.69) is 10.2 Å². The number of thiocarbonyl (C=S) groups is 1. The lowest BCUT2D eigenvalue weighted by Crippen LogP contribution is -2.38. The van der Waals surface area contributed by atoms with E-state index in [1.54, 1.807) is 36.4 Å². The number of amides is 2. The second kappa shape index (κ2) is 16.2. The fraction of sp³-hybridized carbons (Fsp3) is 0.294. The number of carboxylic acids is 1. The maximum atomic E-state index is 13.5. The predicted octanol–water partition coefficient (Wildman–Crippen LogP) is 6.34. The summed E-state index contributed by atoms with van der Waals surface area (Å²) in [5.74, 6) is -1.45. The maximum absolute atomic E-state index is 13.5. The molecule has 0 aromatic heterocycles. The Kier molecular flexibility index (Phi) is 12.0. The molecule has 258 valence electrons. The van der Waals surface area contributed by atoms with E-state index in [0.29, 0.717) is 48.8 Å².